The highest BCUT2D eigenvalue weighted by molar-refractivity contribution is 6.30. The molecule has 29 heavy (non-hydrogen) atoms. The molecule has 0 fully saturated rings. The smallest absolute Gasteiger partial charge is 0.326 e. The molecule has 1 atom stereocenters. The fourth-order valence-electron chi connectivity index (χ4n) is 2.57. The second kappa shape index (κ2) is 10.4. The zero-order valence-corrected chi connectivity index (χ0v) is 17.0. The number of nitrogens with one attached hydrogen (secondary N) is 2. The largest absolute Gasteiger partial charge is 0.480 e. The molecule has 6 nitrogen and oxygen atoms in total. The lowest BCUT2D eigenvalue weighted by molar-refractivity contribution is -0.141. The second-order valence-electron chi connectivity index (χ2n) is 6.58. The van der Waals surface area contributed by atoms with Gasteiger partial charge in [-0.3, -0.25) is 9.59 Å². The van der Waals surface area contributed by atoms with Gasteiger partial charge < -0.3 is 15.7 Å². The monoisotopic (exact) mass is 414 g/mol. The van der Waals surface area contributed by atoms with Crippen molar-refractivity contribution in [1.29, 1.82) is 0 Å². The van der Waals surface area contributed by atoms with Crippen LogP contribution in [0.15, 0.2) is 54.2 Å². The number of carbonyl (C=O) groups is 3. The fraction of sp³-hybridized carbons (Fsp3) is 0.227. The van der Waals surface area contributed by atoms with E-state index in [-0.39, 0.29) is 12.1 Å². The Morgan fingerprint density at radius 2 is 1.69 bits per heavy atom. The summed E-state index contributed by atoms with van der Waals surface area (Å²) in [6.07, 6.45) is 2.34. The summed E-state index contributed by atoms with van der Waals surface area (Å²) in [5.74, 6) is -2.28. The molecule has 0 aliphatic heterocycles. The molecule has 0 aliphatic carbocycles. The van der Waals surface area contributed by atoms with Crippen LogP contribution in [-0.4, -0.2) is 28.9 Å². The van der Waals surface area contributed by atoms with Crippen molar-refractivity contribution in [2.24, 2.45) is 0 Å². The lowest BCUT2D eigenvalue weighted by Gasteiger charge is -2.16. The zero-order chi connectivity index (χ0) is 21.4. The SMILES string of the molecule is CCCC(NC(=O)/C(=C\c1ccc(Cl)cc1)NC(=O)c1ccc(C)cc1)C(=O)O. The molecule has 0 aromatic heterocycles. The van der Waals surface area contributed by atoms with Gasteiger partial charge in [0.25, 0.3) is 11.8 Å². The molecule has 0 aliphatic rings. The molecule has 0 saturated carbocycles. The van der Waals surface area contributed by atoms with Crippen molar-refractivity contribution in [3.8, 4) is 0 Å². The van der Waals surface area contributed by atoms with Gasteiger partial charge in [0.2, 0.25) is 0 Å². The van der Waals surface area contributed by atoms with E-state index in [1.165, 1.54) is 6.08 Å². The number of halogens is 1. The molecule has 3 N–H and O–H groups in total. The van der Waals surface area contributed by atoms with E-state index in [4.69, 9.17) is 11.6 Å². The summed E-state index contributed by atoms with van der Waals surface area (Å²) in [6.45, 7) is 3.73. The number of carboxylic acids is 1. The predicted molar refractivity (Wildman–Crippen MR) is 113 cm³/mol. The third kappa shape index (κ3) is 6.76. The standard InChI is InChI=1S/C22H23ClN2O4/c1-3-4-18(22(28)29)24-21(27)19(13-15-7-11-17(23)12-8-15)25-20(26)16-9-5-14(2)6-10-16/h5-13,18H,3-4H2,1-2H3,(H,24,27)(H,25,26)(H,28,29)/b19-13+. The van der Waals surface area contributed by atoms with Crippen LogP contribution in [0, 0.1) is 6.92 Å². The number of aliphatic carboxylic acids is 1. The first-order valence-electron chi connectivity index (χ1n) is 9.19. The molecule has 152 valence electrons. The highest BCUT2D eigenvalue weighted by Gasteiger charge is 2.22. The summed E-state index contributed by atoms with van der Waals surface area (Å²) < 4.78 is 0. The summed E-state index contributed by atoms with van der Waals surface area (Å²) in [5, 5.41) is 14.9. The van der Waals surface area contributed by atoms with Crippen LogP contribution in [0.25, 0.3) is 6.08 Å². The normalized spacial score (nSPS) is 12.2. The number of benzene rings is 2. The number of hydrogen-bond acceptors (Lipinski definition) is 3. The molecule has 2 aromatic rings. The van der Waals surface area contributed by atoms with Gasteiger partial charge in [-0.15, -0.1) is 0 Å². The number of aryl methyl sites for hydroxylation is 1. The van der Waals surface area contributed by atoms with Gasteiger partial charge in [-0.25, -0.2) is 4.79 Å². The first kappa shape index (κ1) is 22.2. The summed E-state index contributed by atoms with van der Waals surface area (Å²) in [6, 6.07) is 12.5. The second-order valence-corrected chi connectivity index (χ2v) is 7.02. The maximum Gasteiger partial charge on any atom is 0.326 e. The van der Waals surface area contributed by atoms with E-state index >= 15 is 0 Å². The van der Waals surface area contributed by atoms with Gasteiger partial charge in [0, 0.05) is 10.6 Å². The van der Waals surface area contributed by atoms with Gasteiger partial charge >= 0.3 is 5.97 Å². The minimum atomic E-state index is -1.13. The Balaban J connectivity index is 2.30. The third-order valence-electron chi connectivity index (χ3n) is 4.17. The van der Waals surface area contributed by atoms with Crippen LogP contribution in [0.1, 0.15) is 41.3 Å². The first-order valence-corrected chi connectivity index (χ1v) is 9.57. The molecule has 0 heterocycles. The molecule has 1 unspecified atom stereocenters. The predicted octanol–water partition coefficient (Wildman–Crippen LogP) is 3.79. The van der Waals surface area contributed by atoms with Crippen LogP contribution < -0.4 is 10.6 Å². The summed E-state index contributed by atoms with van der Waals surface area (Å²) in [7, 11) is 0. The number of hydrogen-bond donors (Lipinski definition) is 3. The Kier molecular flexibility index (Phi) is 7.98. The van der Waals surface area contributed by atoms with Crippen LogP contribution in [-0.2, 0) is 9.59 Å². The maximum absolute atomic E-state index is 12.7. The Morgan fingerprint density at radius 1 is 1.07 bits per heavy atom. The minimum absolute atomic E-state index is 0.0553. The zero-order valence-electron chi connectivity index (χ0n) is 16.2. The highest BCUT2D eigenvalue weighted by Crippen LogP contribution is 2.13. The van der Waals surface area contributed by atoms with Crippen molar-refractivity contribution in [3.63, 3.8) is 0 Å². The molecule has 0 radical (unpaired) electrons. The molecule has 0 saturated heterocycles. The van der Waals surface area contributed by atoms with E-state index in [0.717, 1.165) is 5.56 Å². The Bertz CT molecular complexity index is 905. The van der Waals surface area contributed by atoms with Crippen molar-refractivity contribution in [1.82, 2.24) is 10.6 Å². The molecular formula is C22H23ClN2O4. The Morgan fingerprint density at radius 3 is 2.24 bits per heavy atom. The Hall–Kier alpha value is -3.12. The van der Waals surface area contributed by atoms with E-state index in [1.807, 2.05) is 13.8 Å². The van der Waals surface area contributed by atoms with Gasteiger partial charge in [0.1, 0.15) is 11.7 Å². The third-order valence-corrected chi connectivity index (χ3v) is 4.42. The Labute approximate surface area is 174 Å². The molecule has 7 heteroatoms. The topological polar surface area (TPSA) is 95.5 Å². The number of rotatable bonds is 8. The van der Waals surface area contributed by atoms with Crippen molar-refractivity contribution in [2.45, 2.75) is 32.7 Å². The lowest BCUT2D eigenvalue weighted by atomic mass is 10.1. The quantitative estimate of drug-likeness (QED) is 0.572. The molecule has 0 bridgehead atoms. The van der Waals surface area contributed by atoms with E-state index in [2.05, 4.69) is 10.6 Å². The van der Waals surface area contributed by atoms with Crippen molar-refractivity contribution in [3.05, 3.63) is 75.9 Å². The summed E-state index contributed by atoms with van der Waals surface area (Å²) in [4.78, 5) is 36.7. The van der Waals surface area contributed by atoms with Crippen LogP contribution in [0.2, 0.25) is 5.02 Å². The van der Waals surface area contributed by atoms with E-state index in [1.54, 1.807) is 48.5 Å². The summed E-state index contributed by atoms with van der Waals surface area (Å²) in [5.41, 5.74) is 1.96. The lowest BCUT2D eigenvalue weighted by Crippen LogP contribution is -2.44. The van der Waals surface area contributed by atoms with Crippen molar-refractivity contribution in [2.75, 3.05) is 0 Å². The van der Waals surface area contributed by atoms with E-state index < -0.39 is 23.8 Å². The van der Waals surface area contributed by atoms with Crippen molar-refractivity contribution < 1.29 is 19.5 Å². The molecule has 0 spiro atoms. The molecule has 2 amide bonds. The molecular weight excluding hydrogens is 392 g/mol. The van der Waals surface area contributed by atoms with Gasteiger partial charge in [0.15, 0.2) is 0 Å². The molecule has 2 aromatic carbocycles. The molecule has 2 rings (SSSR count). The highest BCUT2D eigenvalue weighted by atomic mass is 35.5. The van der Waals surface area contributed by atoms with Gasteiger partial charge in [0.05, 0.1) is 0 Å². The first-order chi connectivity index (χ1) is 13.8. The van der Waals surface area contributed by atoms with Crippen LogP contribution in [0.3, 0.4) is 0 Å². The van der Waals surface area contributed by atoms with Gasteiger partial charge in [-0.2, -0.15) is 0 Å². The number of carbonyl (C=O) groups excluding carboxylic acids is 2. The van der Waals surface area contributed by atoms with E-state index in [0.29, 0.717) is 22.6 Å². The number of carboxylic acid groups (broad SMARTS) is 1. The van der Waals surface area contributed by atoms with E-state index in [9.17, 15) is 19.5 Å². The number of amides is 2. The van der Waals surface area contributed by atoms with Crippen LogP contribution in [0.4, 0.5) is 0 Å². The van der Waals surface area contributed by atoms with Crippen LogP contribution in [0.5, 0.6) is 0 Å². The van der Waals surface area contributed by atoms with Gasteiger partial charge in [-0.05, 0) is 49.2 Å². The fourth-order valence-corrected chi connectivity index (χ4v) is 2.69. The van der Waals surface area contributed by atoms with Crippen molar-refractivity contribution >= 4 is 35.5 Å². The van der Waals surface area contributed by atoms with Crippen LogP contribution >= 0.6 is 11.6 Å². The maximum atomic E-state index is 12.7. The summed E-state index contributed by atoms with van der Waals surface area (Å²) >= 11 is 5.89. The minimum Gasteiger partial charge on any atom is -0.480 e. The van der Waals surface area contributed by atoms with Gasteiger partial charge in [-0.1, -0.05) is 54.8 Å². The average Bonchev–Trinajstić information content (AvgIpc) is 2.69. The average molecular weight is 415 g/mol.